The molecule has 0 radical (unpaired) electrons. The van der Waals surface area contributed by atoms with Crippen molar-refractivity contribution in [2.45, 2.75) is 18.5 Å². The summed E-state index contributed by atoms with van der Waals surface area (Å²) in [6, 6.07) is 2.42. The lowest BCUT2D eigenvalue weighted by molar-refractivity contribution is 0.457. The number of thiazole rings is 1. The minimum absolute atomic E-state index is 0.143. The highest BCUT2D eigenvalue weighted by Crippen LogP contribution is 2.19. The van der Waals surface area contributed by atoms with E-state index in [0.717, 1.165) is 20.3 Å². The van der Waals surface area contributed by atoms with Gasteiger partial charge in [-0.1, -0.05) is 0 Å². The maximum absolute atomic E-state index is 13.5. The average Bonchev–Trinajstić information content (AvgIpc) is 2.75. The van der Waals surface area contributed by atoms with Crippen LogP contribution in [0, 0.1) is 12.7 Å². The first-order valence-electron chi connectivity index (χ1n) is 5.39. The van der Waals surface area contributed by atoms with Gasteiger partial charge in [-0.05, 0) is 19.1 Å². The average molecular weight is 301 g/mol. The third kappa shape index (κ3) is 2.96. The second-order valence-electron chi connectivity index (χ2n) is 3.90. The second kappa shape index (κ2) is 5.32. The zero-order valence-electron chi connectivity index (χ0n) is 10.4. The summed E-state index contributed by atoms with van der Waals surface area (Å²) in [5.41, 5.74) is 0. The molecule has 2 rings (SSSR count). The van der Waals surface area contributed by atoms with Crippen LogP contribution in [0.15, 0.2) is 29.6 Å². The Morgan fingerprint density at radius 1 is 1.42 bits per heavy atom. The van der Waals surface area contributed by atoms with Crippen molar-refractivity contribution in [1.29, 1.82) is 0 Å². The summed E-state index contributed by atoms with van der Waals surface area (Å²) in [4.78, 5) is 8.44. The van der Waals surface area contributed by atoms with Crippen molar-refractivity contribution in [3.8, 4) is 0 Å². The molecule has 0 aromatic carbocycles. The second-order valence-corrected chi connectivity index (χ2v) is 7.18. The van der Waals surface area contributed by atoms with E-state index in [9.17, 15) is 12.8 Å². The molecule has 2 aromatic heterocycles. The smallest absolute Gasteiger partial charge is 0.250 e. The van der Waals surface area contributed by atoms with Gasteiger partial charge in [0.05, 0.1) is 5.01 Å². The molecule has 0 aliphatic carbocycles. The van der Waals surface area contributed by atoms with Crippen molar-refractivity contribution < 1.29 is 12.8 Å². The van der Waals surface area contributed by atoms with Gasteiger partial charge in [-0.15, -0.1) is 11.3 Å². The summed E-state index contributed by atoms with van der Waals surface area (Å²) in [5.74, 6) is -0.852. The van der Waals surface area contributed by atoms with E-state index in [1.54, 1.807) is 6.20 Å². The molecule has 19 heavy (non-hydrogen) atoms. The summed E-state index contributed by atoms with van der Waals surface area (Å²) in [7, 11) is -2.55. The molecule has 0 aliphatic rings. The number of sulfonamides is 1. The first-order valence-corrected chi connectivity index (χ1v) is 7.65. The largest absolute Gasteiger partial charge is 0.263 e. The molecule has 0 saturated heterocycles. The summed E-state index contributed by atoms with van der Waals surface area (Å²) >= 11 is 1.40. The van der Waals surface area contributed by atoms with Gasteiger partial charge in [-0.25, -0.2) is 22.8 Å². The lowest BCUT2D eigenvalue weighted by Gasteiger charge is -2.15. The van der Waals surface area contributed by atoms with Crippen LogP contribution in [0.25, 0.3) is 0 Å². The predicted octanol–water partition coefficient (Wildman–Crippen LogP) is 1.81. The molecule has 0 N–H and O–H groups in total. The van der Waals surface area contributed by atoms with Crippen LogP contribution >= 0.6 is 11.3 Å². The van der Waals surface area contributed by atoms with Gasteiger partial charge >= 0.3 is 0 Å². The Kier molecular flexibility index (Phi) is 3.93. The maximum atomic E-state index is 13.5. The fourth-order valence-electron chi connectivity index (χ4n) is 1.49. The Hall–Kier alpha value is -1.38. The zero-order chi connectivity index (χ0) is 14.0. The number of aryl methyl sites for hydroxylation is 1. The van der Waals surface area contributed by atoms with Crippen molar-refractivity contribution in [3.05, 3.63) is 40.2 Å². The molecule has 0 spiro atoms. The number of hydrogen-bond acceptors (Lipinski definition) is 5. The quantitative estimate of drug-likeness (QED) is 0.864. The van der Waals surface area contributed by atoms with Crippen LogP contribution in [0.5, 0.6) is 0 Å². The van der Waals surface area contributed by atoms with Crippen LogP contribution in [0.2, 0.25) is 0 Å². The standard InChI is InChI=1S/C11H12FN3O2S2/c1-8-14-6-9(18-8)7-15(2)19(16,17)11-10(12)4-3-5-13-11/h3-6H,7H2,1-2H3. The Labute approximate surface area is 114 Å². The molecule has 0 saturated carbocycles. The Morgan fingerprint density at radius 2 is 2.16 bits per heavy atom. The van der Waals surface area contributed by atoms with E-state index in [1.807, 2.05) is 6.92 Å². The van der Waals surface area contributed by atoms with Crippen LogP contribution in [-0.4, -0.2) is 29.7 Å². The number of rotatable bonds is 4. The molecule has 0 aliphatic heterocycles. The summed E-state index contributed by atoms with van der Waals surface area (Å²) in [6.45, 7) is 1.98. The van der Waals surface area contributed by atoms with E-state index >= 15 is 0 Å². The van der Waals surface area contributed by atoms with E-state index in [4.69, 9.17) is 0 Å². The zero-order valence-corrected chi connectivity index (χ0v) is 12.0. The molecule has 0 bridgehead atoms. The van der Waals surface area contributed by atoms with Gasteiger partial charge in [-0.2, -0.15) is 4.31 Å². The normalized spacial score (nSPS) is 12.0. The van der Waals surface area contributed by atoms with Crippen molar-refractivity contribution in [1.82, 2.24) is 14.3 Å². The Bertz CT molecular complexity index is 685. The van der Waals surface area contributed by atoms with Gasteiger partial charge in [0.25, 0.3) is 10.0 Å². The maximum Gasteiger partial charge on any atom is 0.263 e. The monoisotopic (exact) mass is 301 g/mol. The number of nitrogens with zero attached hydrogens (tertiary/aromatic N) is 3. The van der Waals surface area contributed by atoms with Crippen LogP contribution in [-0.2, 0) is 16.6 Å². The van der Waals surface area contributed by atoms with E-state index in [0.29, 0.717) is 0 Å². The fourth-order valence-corrected chi connectivity index (χ4v) is 3.53. The fraction of sp³-hybridized carbons (Fsp3) is 0.273. The molecule has 102 valence electrons. The lowest BCUT2D eigenvalue weighted by atomic mass is 10.5. The molecular weight excluding hydrogens is 289 g/mol. The lowest BCUT2D eigenvalue weighted by Crippen LogP contribution is -2.27. The van der Waals surface area contributed by atoms with Gasteiger partial charge in [0.15, 0.2) is 5.82 Å². The molecular formula is C11H12FN3O2S2. The van der Waals surface area contributed by atoms with E-state index in [2.05, 4.69) is 9.97 Å². The highest BCUT2D eigenvalue weighted by atomic mass is 32.2. The van der Waals surface area contributed by atoms with Gasteiger partial charge in [0, 0.05) is 30.9 Å². The van der Waals surface area contributed by atoms with Crippen LogP contribution in [0.1, 0.15) is 9.88 Å². The molecule has 2 aromatic rings. The predicted molar refractivity (Wildman–Crippen MR) is 69.7 cm³/mol. The van der Waals surface area contributed by atoms with Crippen LogP contribution in [0.4, 0.5) is 4.39 Å². The molecule has 0 unspecified atom stereocenters. The third-order valence-corrected chi connectivity index (χ3v) is 5.06. The SMILES string of the molecule is Cc1ncc(CN(C)S(=O)(=O)c2ncccc2F)s1. The molecule has 0 amide bonds. The Balaban J connectivity index is 2.27. The molecule has 0 atom stereocenters. The van der Waals surface area contributed by atoms with Crippen molar-refractivity contribution in [2.75, 3.05) is 7.05 Å². The van der Waals surface area contributed by atoms with E-state index in [1.165, 1.54) is 30.6 Å². The van der Waals surface area contributed by atoms with E-state index < -0.39 is 20.9 Å². The summed E-state index contributed by atoms with van der Waals surface area (Å²) < 4.78 is 38.9. The van der Waals surface area contributed by atoms with Gasteiger partial charge in [0.2, 0.25) is 5.03 Å². The van der Waals surface area contributed by atoms with Crippen molar-refractivity contribution in [2.24, 2.45) is 0 Å². The molecule has 2 heterocycles. The molecule has 8 heteroatoms. The van der Waals surface area contributed by atoms with Crippen molar-refractivity contribution in [3.63, 3.8) is 0 Å². The minimum Gasteiger partial charge on any atom is -0.250 e. The topological polar surface area (TPSA) is 63.2 Å². The van der Waals surface area contributed by atoms with Crippen LogP contribution < -0.4 is 0 Å². The number of aromatic nitrogens is 2. The van der Waals surface area contributed by atoms with Gasteiger partial charge < -0.3 is 0 Å². The molecule has 0 fully saturated rings. The number of halogens is 1. The van der Waals surface area contributed by atoms with Gasteiger partial charge in [0.1, 0.15) is 0 Å². The summed E-state index contributed by atoms with van der Waals surface area (Å²) in [6.07, 6.45) is 2.86. The Morgan fingerprint density at radius 3 is 2.74 bits per heavy atom. The number of pyridine rings is 1. The van der Waals surface area contributed by atoms with Gasteiger partial charge in [-0.3, -0.25) is 0 Å². The first kappa shape index (κ1) is 14.0. The van der Waals surface area contributed by atoms with E-state index in [-0.39, 0.29) is 6.54 Å². The highest BCUT2D eigenvalue weighted by molar-refractivity contribution is 7.89. The third-order valence-electron chi connectivity index (χ3n) is 2.43. The summed E-state index contributed by atoms with van der Waals surface area (Å²) in [5, 5.41) is 0.295. The molecule has 5 nitrogen and oxygen atoms in total. The number of hydrogen-bond donors (Lipinski definition) is 0. The highest BCUT2D eigenvalue weighted by Gasteiger charge is 2.26. The minimum atomic E-state index is -3.93. The first-order chi connectivity index (χ1) is 8.91. The van der Waals surface area contributed by atoms with Crippen LogP contribution in [0.3, 0.4) is 0 Å². The van der Waals surface area contributed by atoms with Crippen molar-refractivity contribution >= 4 is 21.4 Å².